The van der Waals surface area contributed by atoms with E-state index in [-0.39, 0.29) is 0 Å². The summed E-state index contributed by atoms with van der Waals surface area (Å²) in [5.74, 6) is 0.658. The van der Waals surface area contributed by atoms with Gasteiger partial charge in [0.15, 0.2) is 0 Å². The molecular formula is C14H22BrN3. The van der Waals surface area contributed by atoms with Crippen molar-refractivity contribution in [3.63, 3.8) is 0 Å². The average molecular weight is 312 g/mol. The lowest BCUT2D eigenvalue weighted by Gasteiger charge is -2.38. The van der Waals surface area contributed by atoms with E-state index in [0.717, 1.165) is 30.8 Å². The van der Waals surface area contributed by atoms with Crippen molar-refractivity contribution < 1.29 is 0 Å². The molecule has 2 atom stereocenters. The lowest BCUT2D eigenvalue weighted by molar-refractivity contribution is 0.128. The molecule has 1 aliphatic rings. The standard InChI is InChI=1S/C14H22BrN3/c1-3-11(2)14(18-8-6-16-7-9-18)12-4-5-13(15)17-10-12/h4-5,10-11,14,16H,3,6-9H2,1-2H3/t11?,14-/m0/s1. The number of hydrogen-bond donors (Lipinski definition) is 1. The highest BCUT2D eigenvalue weighted by molar-refractivity contribution is 9.10. The molecule has 1 fully saturated rings. The maximum Gasteiger partial charge on any atom is 0.106 e. The van der Waals surface area contributed by atoms with Gasteiger partial charge in [-0.3, -0.25) is 4.90 Å². The summed E-state index contributed by atoms with van der Waals surface area (Å²) < 4.78 is 0.912. The van der Waals surface area contributed by atoms with E-state index in [1.807, 2.05) is 12.3 Å². The predicted molar refractivity (Wildman–Crippen MR) is 78.6 cm³/mol. The number of piperazine rings is 1. The number of aromatic nitrogens is 1. The Morgan fingerprint density at radius 1 is 1.39 bits per heavy atom. The van der Waals surface area contributed by atoms with E-state index in [9.17, 15) is 0 Å². The maximum atomic E-state index is 4.39. The Bertz CT molecular complexity index is 360. The van der Waals surface area contributed by atoms with Crippen LogP contribution in [0.25, 0.3) is 0 Å². The zero-order chi connectivity index (χ0) is 13.0. The number of pyridine rings is 1. The molecule has 1 N–H and O–H groups in total. The van der Waals surface area contributed by atoms with Gasteiger partial charge in [-0.15, -0.1) is 0 Å². The Morgan fingerprint density at radius 3 is 2.67 bits per heavy atom. The molecule has 2 heterocycles. The Kier molecular flexibility index (Phi) is 5.15. The molecule has 0 saturated carbocycles. The molecule has 100 valence electrons. The molecule has 0 spiro atoms. The molecule has 0 aromatic carbocycles. The van der Waals surface area contributed by atoms with Crippen molar-refractivity contribution >= 4 is 15.9 Å². The average Bonchev–Trinajstić information content (AvgIpc) is 2.42. The number of hydrogen-bond acceptors (Lipinski definition) is 3. The molecule has 18 heavy (non-hydrogen) atoms. The van der Waals surface area contributed by atoms with Crippen LogP contribution in [0.3, 0.4) is 0 Å². The minimum Gasteiger partial charge on any atom is -0.314 e. The second kappa shape index (κ2) is 6.64. The van der Waals surface area contributed by atoms with E-state index in [2.05, 4.69) is 51.0 Å². The van der Waals surface area contributed by atoms with Crippen molar-refractivity contribution in [2.75, 3.05) is 26.2 Å². The van der Waals surface area contributed by atoms with Gasteiger partial charge < -0.3 is 5.32 Å². The van der Waals surface area contributed by atoms with Crippen LogP contribution in [0.1, 0.15) is 31.9 Å². The molecule has 1 saturated heterocycles. The monoisotopic (exact) mass is 311 g/mol. The summed E-state index contributed by atoms with van der Waals surface area (Å²) in [7, 11) is 0. The van der Waals surface area contributed by atoms with Crippen molar-refractivity contribution in [3.05, 3.63) is 28.5 Å². The summed E-state index contributed by atoms with van der Waals surface area (Å²) in [6, 6.07) is 4.75. The summed E-state index contributed by atoms with van der Waals surface area (Å²) in [5, 5.41) is 3.42. The van der Waals surface area contributed by atoms with Crippen molar-refractivity contribution in [1.82, 2.24) is 15.2 Å². The summed E-state index contributed by atoms with van der Waals surface area (Å²) in [6.45, 7) is 9.06. The Labute approximate surface area is 118 Å². The molecular weight excluding hydrogens is 290 g/mol. The van der Waals surface area contributed by atoms with Gasteiger partial charge in [-0.1, -0.05) is 26.3 Å². The van der Waals surface area contributed by atoms with Crippen LogP contribution in [0.15, 0.2) is 22.9 Å². The van der Waals surface area contributed by atoms with Gasteiger partial charge in [-0.2, -0.15) is 0 Å². The predicted octanol–water partition coefficient (Wildman–Crippen LogP) is 2.84. The van der Waals surface area contributed by atoms with E-state index in [1.54, 1.807) is 0 Å². The number of nitrogens with zero attached hydrogens (tertiary/aromatic N) is 2. The molecule has 0 aliphatic carbocycles. The molecule has 0 radical (unpaired) electrons. The van der Waals surface area contributed by atoms with Crippen LogP contribution in [0, 0.1) is 5.92 Å². The fourth-order valence-corrected chi connectivity index (χ4v) is 2.88. The van der Waals surface area contributed by atoms with Crippen molar-refractivity contribution in [3.8, 4) is 0 Å². The first-order valence-electron chi connectivity index (χ1n) is 6.78. The second-order valence-electron chi connectivity index (χ2n) is 5.03. The fourth-order valence-electron chi connectivity index (χ4n) is 2.65. The van der Waals surface area contributed by atoms with Gasteiger partial charge in [0, 0.05) is 38.4 Å². The van der Waals surface area contributed by atoms with Gasteiger partial charge in [-0.05, 0) is 33.5 Å². The Morgan fingerprint density at radius 2 is 2.11 bits per heavy atom. The Hall–Kier alpha value is -0.450. The summed E-state index contributed by atoms with van der Waals surface area (Å²) in [5.41, 5.74) is 1.34. The van der Waals surface area contributed by atoms with E-state index in [0.29, 0.717) is 12.0 Å². The van der Waals surface area contributed by atoms with Gasteiger partial charge in [0.1, 0.15) is 4.60 Å². The first kappa shape index (κ1) is 14.0. The molecule has 0 bridgehead atoms. The van der Waals surface area contributed by atoms with Crippen LogP contribution >= 0.6 is 15.9 Å². The molecule has 1 unspecified atom stereocenters. The number of nitrogens with one attached hydrogen (secondary N) is 1. The topological polar surface area (TPSA) is 28.2 Å². The third-order valence-corrected chi connectivity index (χ3v) is 4.29. The zero-order valence-electron chi connectivity index (χ0n) is 11.2. The van der Waals surface area contributed by atoms with E-state index in [1.165, 1.54) is 12.0 Å². The quantitative estimate of drug-likeness (QED) is 0.867. The highest BCUT2D eigenvalue weighted by atomic mass is 79.9. The largest absolute Gasteiger partial charge is 0.314 e. The SMILES string of the molecule is CCC(C)[C@@H](c1ccc(Br)nc1)N1CCNCC1. The third-order valence-electron chi connectivity index (χ3n) is 3.82. The van der Waals surface area contributed by atoms with Gasteiger partial charge in [0.05, 0.1) is 0 Å². The molecule has 0 amide bonds. The minimum atomic E-state index is 0.498. The van der Waals surface area contributed by atoms with Gasteiger partial charge in [-0.25, -0.2) is 4.98 Å². The lowest BCUT2D eigenvalue weighted by atomic mass is 9.91. The highest BCUT2D eigenvalue weighted by Gasteiger charge is 2.26. The normalized spacial score (nSPS) is 20.6. The van der Waals surface area contributed by atoms with Crippen molar-refractivity contribution in [2.45, 2.75) is 26.3 Å². The first-order chi connectivity index (χ1) is 8.72. The van der Waals surface area contributed by atoms with Gasteiger partial charge in [0.25, 0.3) is 0 Å². The summed E-state index contributed by atoms with van der Waals surface area (Å²) in [6.07, 6.45) is 3.22. The number of halogens is 1. The van der Waals surface area contributed by atoms with Gasteiger partial charge in [0.2, 0.25) is 0 Å². The summed E-state index contributed by atoms with van der Waals surface area (Å²) in [4.78, 5) is 6.98. The van der Waals surface area contributed by atoms with E-state index < -0.39 is 0 Å². The van der Waals surface area contributed by atoms with E-state index >= 15 is 0 Å². The molecule has 3 nitrogen and oxygen atoms in total. The van der Waals surface area contributed by atoms with Crippen LogP contribution in [0.2, 0.25) is 0 Å². The van der Waals surface area contributed by atoms with E-state index in [4.69, 9.17) is 0 Å². The van der Waals surface area contributed by atoms with Crippen LogP contribution in [0.4, 0.5) is 0 Å². The highest BCUT2D eigenvalue weighted by Crippen LogP contribution is 2.30. The Balaban J connectivity index is 2.20. The van der Waals surface area contributed by atoms with Crippen LogP contribution < -0.4 is 5.32 Å². The van der Waals surface area contributed by atoms with Crippen molar-refractivity contribution in [1.29, 1.82) is 0 Å². The van der Waals surface area contributed by atoms with Gasteiger partial charge >= 0.3 is 0 Å². The minimum absolute atomic E-state index is 0.498. The zero-order valence-corrected chi connectivity index (χ0v) is 12.8. The molecule has 4 heteroatoms. The molecule has 2 rings (SSSR count). The smallest absolute Gasteiger partial charge is 0.106 e. The number of rotatable bonds is 4. The molecule has 1 aromatic heterocycles. The van der Waals surface area contributed by atoms with Crippen molar-refractivity contribution in [2.24, 2.45) is 5.92 Å². The second-order valence-corrected chi connectivity index (χ2v) is 5.84. The lowest BCUT2D eigenvalue weighted by Crippen LogP contribution is -2.46. The van der Waals surface area contributed by atoms with Crippen LogP contribution in [-0.2, 0) is 0 Å². The molecule has 1 aliphatic heterocycles. The third kappa shape index (κ3) is 3.31. The molecule has 1 aromatic rings. The van der Waals surface area contributed by atoms with Crippen LogP contribution in [0.5, 0.6) is 0 Å². The summed E-state index contributed by atoms with van der Waals surface area (Å²) >= 11 is 3.41. The fraction of sp³-hybridized carbons (Fsp3) is 0.643. The first-order valence-corrected chi connectivity index (χ1v) is 7.58. The maximum absolute atomic E-state index is 4.39. The van der Waals surface area contributed by atoms with Crippen LogP contribution in [-0.4, -0.2) is 36.1 Å².